The van der Waals surface area contributed by atoms with E-state index in [2.05, 4.69) is 55.6 Å². The number of hydrogen-bond acceptors (Lipinski definition) is 7. The van der Waals surface area contributed by atoms with Crippen LogP contribution in [0.1, 0.15) is 136 Å². The highest BCUT2D eigenvalue weighted by atomic mass is 31.2. The van der Waals surface area contributed by atoms with Gasteiger partial charge in [-0.3, -0.25) is 18.6 Å². The summed E-state index contributed by atoms with van der Waals surface area (Å²) in [6.45, 7) is 3.33. The highest BCUT2D eigenvalue weighted by Gasteiger charge is 2.23. The Morgan fingerprint density at radius 1 is 0.705 bits per heavy atom. The molecule has 2 unspecified atom stereocenters. The molecule has 0 rings (SSSR count). The molecule has 3 N–H and O–H groups in total. The van der Waals surface area contributed by atoms with E-state index in [0.29, 0.717) is 6.42 Å². The predicted octanol–water partition coefficient (Wildman–Crippen LogP) is 8.26. The number of allylic oxidation sites excluding steroid dienone is 6. The van der Waals surface area contributed by atoms with Gasteiger partial charge in [0.25, 0.3) is 0 Å². The molecular formula is C34H62NO8P. The first-order chi connectivity index (χ1) is 21.3. The van der Waals surface area contributed by atoms with Crippen LogP contribution in [0.25, 0.3) is 0 Å². The van der Waals surface area contributed by atoms with E-state index >= 15 is 0 Å². The maximum Gasteiger partial charge on any atom is 0.472 e. The van der Waals surface area contributed by atoms with Crippen LogP contribution in [0.4, 0.5) is 0 Å². The lowest BCUT2D eigenvalue weighted by Crippen LogP contribution is -2.27. The van der Waals surface area contributed by atoms with Crippen molar-refractivity contribution in [3.63, 3.8) is 0 Å². The third-order valence-corrected chi connectivity index (χ3v) is 7.81. The van der Waals surface area contributed by atoms with Crippen molar-refractivity contribution in [3.05, 3.63) is 36.5 Å². The first kappa shape index (κ1) is 42.2. The van der Waals surface area contributed by atoms with Crippen LogP contribution < -0.4 is 5.32 Å². The molecule has 2 atom stereocenters. The summed E-state index contributed by atoms with van der Waals surface area (Å²) < 4.78 is 26.4. The van der Waals surface area contributed by atoms with Gasteiger partial charge in [-0.15, -0.1) is 0 Å². The van der Waals surface area contributed by atoms with Gasteiger partial charge >= 0.3 is 13.8 Å². The molecule has 9 nitrogen and oxygen atoms in total. The predicted molar refractivity (Wildman–Crippen MR) is 178 cm³/mol. The third-order valence-electron chi connectivity index (χ3n) is 6.82. The molecule has 0 aliphatic heterocycles. The fourth-order valence-electron chi connectivity index (χ4n) is 4.21. The molecule has 0 aliphatic rings. The normalized spacial score (nSPS) is 14.0. The molecule has 0 aromatic carbocycles. The molecule has 0 spiro atoms. The summed E-state index contributed by atoms with van der Waals surface area (Å²) in [5.41, 5.74) is 0. The number of aliphatic hydroxyl groups excluding tert-OH is 1. The van der Waals surface area contributed by atoms with Gasteiger partial charge in [0.2, 0.25) is 5.91 Å². The van der Waals surface area contributed by atoms with Crippen LogP contribution in [0.2, 0.25) is 0 Å². The van der Waals surface area contributed by atoms with Crippen molar-refractivity contribution >= 4 is 19.7 Å². The average molecular weight is 644 g/mol. The van der Waals surface area contributed by atoms with Gasteiger partial charge < -0.3 is 20.1 Å². The number of aliphatic hydroxyl groups is 1. The van der Waals surface area contributed by atoms with Crippen LogP contribution in [-0.2, 0) is 27.9 Å². The lowest BCUT2D eigenvalue weighted by Gasteiger charge is -2.15. The number of nitrogens with one attached hydrogen (secondary N) is 1. The van der Waals surface area contributed by atoms with E-state index in [9.17, 15) is 24.2 Å². The fraction of sp³-hybridized carbons (Fsp3) is 0.765. The third kappa shape index (κ3) is 31.6. The maximum atomic E-state index is 12.0. The first-order valence-corrected chi connectivity index (χ1v) is 18.5. The van der Waals surface area contributed by atoms with Crippen LogP contribution in [0.3, 0.4) is 0 Å². The largest absolute Gasteiger partial charge is 0.472 e. The minimum Gasteiger partial charge on any atom is -0.463 e. The van der Waals surface area contributed by atoms with Crippen molar-refractivity contribution in [2.45, 2.75) is 142 Å². The SMILES string of the molecule is CCCCC/C=C\C/C=C\C/C=C\CCCCCCCCC(=O)NCCOP(=O)(O)OCC(O)COC(=O)CCCCCC. The molecule has 44 heavy (non-hydrogen) atoms. The summed E-state index contributed by atoms with van der Waals surface area (Å²) in [5, 5.41) is 12.5. The van der Waals surface area contributed by atoms with Crippen LogP contribution in [-0.4, -0.2) is 54.3 Å². The van der Waals surface area contributed by atoms with Crippen molar-refractivity contribution < 1.29 is 37.9 Å². The van der Waals surface area contributed by atoms with Crippen LogP contribution in [0, 0.1) is 0 Å². The second-order valence-corrected chi connectivity index (χ2v) is 12.6. The van der Waals surface area contributed by atoms with Gasteiger partial charge in [-0.2, -0.15) is 0 Å². The molecule has 0 fully saturated rings. The Morgan fingerprint density at radius 3 is 1.89 bits per heavy atom. The van der Waals surface area contributed by atoms with Crippen LogP contribution in [0.5, 0.6) is 0 Å². The zero-order valence-electron chi connectivity index (χ0n) is 27.6. The summed E-state index contributed by atoms with van der Waals surface area (Å²) in [7, 11) is -4.40. The van der Waals surface area contributed by atoms with Crippen molar-refractivity contribution in [1.29, 1.82) is 0 Å². The quantitative estimate of drug-likeness (QED) is 0.0298. The Morgan fingerprint density at radius 2 is 1.23 bits per heavy atom. The van der Waals surface area contributed by atoms with E-state index in [1.165, 1.54) is 38.5 Å². The van der Waals surface area contributed by atoms with Crippen molar-refractivity contribution in [2.75, 3.05) is 26.4 Å². The van der Waals surface area contributed by atoms with Gasteiger partial charge in [0.1, 0.15) is 12.7 Å². The van der Waals surface area contributed by atoms with Crippen LogP contribution in [0.15, 0.2) is 36.5 Å². The molecule has 0 radical (unpaired) electrons. The number of carbonyl (C=O) groups excluding carboxylic acids is 2. The van der Waals surface area contributed by atoms with E-state index in [4.69, 9.17) is 13.8 Å². The minimum atomic E-state index is -4.40. The number of amides is 1. The fourth-order valence-corrected chi connectivity index (χ4v) is 4.96. The Balaban J connectivity index is 3.62. The topological polar surface area (TPSA) is 131 Å². The van der Waals surface area contributed by atoms with E-state index < -0.39 is 26.5 Å². The summed E-state index contributed by atoms with van der Waals surface area (Å²) in [4.78, 5) is 33.3. The Kier molecular flexibility index (Phi) is 30.0. The number of phosphoric acid groups is 1. The van der Waals surface area contributed by atoms with E-state index in [1.807, 2.05) is 0 Å². The van der Waals surface area contributed by atoms with Gasteiger partial charge in [-0.25, -0.2) is 4.57 Å². The molecule has 1 amide bonds. The summed E-state index contributed by atoms with van der Waals surface area (Å²) in [5.74, 6) is -0.551. The Hall–Kier alpha value is -1.77. The van der Waals surface area contributed by atoms with E-state index in [-0.39, 0.29) is 32.1 Å². The molecule has 10 heteroatoms. The minimum absolute atomic E-state index is 0.0738. The first-order valence-electron chi connectivity index (χ1n) is 17.0. The zero-order valence-corrected chi connectivity index (χ0v) is 28.5. The van der Waals surface area contributed by atoms with E-state index in [1.54, 1.807) is 0 Å². The molecule has 0 aromatic heterocycles. The number of phosphoric ester groups is 1. The molecule has 256 valence electrons. The number of unbranched alkanes of at least 4 members (excludes halogenated alkanes) is 12. The second-order valence-electron chi connectivity index (χ2n) is 11.1. The Bertz CT molecular complexity index is 830. The second kappa shape index (κ2) is 31.2. The summed E-state index contributed by atoms with van der Waals surface area (Å²) in [6, 6.07) is 0. The molecule has 0 aromatic rings. The molecule has 0 bridgehead atoms. The monoisotopic (exact) mass is 643 g/mol. The molecule has 0 aliphatic carbocycles. The van der Waals surface area contributed by atoms with Gasteiger partial charge in [-0.05, 0) is 51.4 Å². The standard InChI is InChI=1S/C34H62NO8P/c1-3-5-7-9-10-11-12-13-14-15-16-17-18-19-20-21-22-23-24-26-33(37)35-28-29-42-44(39,40)43-31-32(36)30-41-34(38)27-25-8-6-4-2/h10-11,13-14,16-17,32,36H,3-9,12,15,18-31H2,1-2H3,(H,35,37)(H,39,40)/b11-10-,14-13-,17-16-. The van der Waals surface area contributed by atoms with Crippen LogP contribution >= 0.6 is 7.82 Å². The van der Waals surface area contributed by atoms with Crippen molar-refractivity contribution in [1.82, 2.24) is 5.32 Å². The summed E-state index contributed by atoms with van der Waals surface area (Å²) in [6.07, 6.45) is 31.4. The van der Waals surface area contributed by atoms with Gasteiger partial charge in [0, 0.05) is 19.4 Å². The number of ether oxygens (including phenoxy) is 1. The number of carbonyl (C=O) groups is 2. The van der Waals surface area contributed by atoms with E-state index in [0.717, 1.165) is 70.6 Å². The molecule has 0 saturated heterocycles. The molecule has 0 heterocycles. The number of esters is 1. The lowest BCUT2D eigenvalue weighted by atomic mass is 10.1. The summed E-state index contributed by atoms with van der Waals surface area (Å²) >= 11 is 0. The van der Waals surface area contributed by atoms with Gasteiger partial charge in [-0.1, -0.05) is 108 Å². The van der Waals surface area contributed by atoms with Crippen molar-refractivity contribution in [3.8, 4) is 0 Å². The smallest absolute Gasteiger partial charge is 0.463 e. The Labute approximate surface area is 267 Å². The number of rotatable bonds is 31. The molecule has 0 saturated carbocycles. The highest BCUT2D eigenvalue weighted by Crippen LogP contribution is 2.42. The number of hydrogen-bond donors (Lipinski definition) is 3. The highest BCUT2D eigenvalue weighted by molar-refractivity contribution is 7.47. The van der Waals surface area contributed by atoms with Gasteiger partial charge in [0.05, 0.1) is 13.2 Å². The van der Waals surface area contributed by atoms with Gasteiger partial charge in [0.15, 0.2) is 0 Å². The zero-order chi connectivity index (χ0) is 32.6. The average Bonchev–Trinajstić information content (AvgIpc) is 3.00. The van der Waals surface area contributed by atoms with Crippen molar-refractivity contribution in [2.24, 2.45) is 0 Å². The maximum absolute atomic E-state index is 12.0. The lowest BCUT2D eigenvalue weighted by molar-refractivity contribution is -0.147. The molecular weight excluding hydrogens is 581 g/mol.